The van der Waals surface area contributed by atoms with Gasteiger partial charge in [0.05, 0.1) is 12.6 Å². The van der Waals surface area contributed by atoms with E-state index in [0.717, 1.165) is 24.9 Å². The number of amides is 1. The molecule has 1 heterocycles. The van der Waals surface area contributed by atoms with Gasteiger partial charge in [-0.2, -0.15) is 13.1 Å². The topological polar surface area (TPSA) is 78.5 Å². The van der Waals surface area contributed by atoms with Crippen LogP contribution in [0.1, 0.15) is 43.7 Å². The molecule has 1 atom stereocenters. The maximum absolute atomic E-state index is 12.6. The number of nitrogens with zero attached hydrogens (tertiary/aromatic N) is 1. The summed E-state index contributed by atoms with van der Waals surface area (Å²) in [7, 11) is -2.28. The first-order valence-electron chi connectivity index (χ1n) is 8.50. The quantitative estimate of drug-likeness (QED) is 0.845. The van der Waals surface area contributed by atoms with E-state index >= 15 is 0 Å². The molecule has 1 saturated carbocycles. The Balaban J connectivity index is 1.77. The van der Waals surface area contributed by atoms with Gasteiger partial charge in [-0.1, -0.05) is 49.6 Å². The highest BCUT2D eigenvalue weighted by molar-refractivity contribution is 7.87. The van der Waals surface area contributed by atoms with Gasteiger partial charge in [0.25, 0.3) is 10.2 Å². The lowest BCUT2D eigenvalue weighted by Gasteiger charge is -2.59. The third-order valence-corrected chi connectivity index (χ3v) is 6.41. The Morgan fingerprint density at radius 1 is 1.21 bits per heavy atom. The molecular formula is C17H25N3O3S. The van der Waals surface area contributed by atoms with Crippen LogP contribution in [0, 0.1) is 5.41 Å². The monoisotopic (exact) mass is 351 g/mol. The predicted molar refractivity (Wildman–Crippen MR) is 92.4 cm³/mol. The first-order chi connectivity index (χ1) is 11.5. The van der Waals surface area contributed by atoms with Gasteiger partial charge in [-0.25, -0.2) is 4.72 Å². The summed E-state index contributed by atoms with van der Waals surface area (Å²) in [4.78, 5) is 14.4. The van der Waals surface area contributed by atoms with E-state index in [4.69, 9.17) is 0 Å². The van der Waals surface area contributed by atoms with Crippen LogP contribution in [0.3, 0.4) is 0 Å². The van der Waals surface area contributed by atoms with Gasteiger partial charge in [0.1, 0.15) is 0 Å². The molecule has 132 valence electrons. The third-order valence-electron chi connectivity index (χ3n) is 5.34. The maximum atomic E-state index is 12.6. The molecular weight excluding hydrogens is 326 g/mol. The van der Waals surface area contributed by atoms with Crippen molar-refractivity contribution in [1.82, 2.24) is 14.3 Å². The SMILES string of the molecule is CNS(=O)(=O)NCC(=O)N1CC2(CCCCC2)[C@H]1c1ccccc1. The van der Waals surface area contributed by atoms with E-state index < -0.39 is 10.2 Å². The van der Waals surface area contributed by atoms with E-state index in [0.29, 0.717) is 0 Å². The number of likely N-dealkylation sites (tertiary alicyclic amines) is 1. The number of nitrogens with one attached hydrogen (secondary N) is 2. The maximum Gasteiger partial charge on any atom is 0.277 e. The van der Waals surface area contributed by atoms with Gasteiger partial charge in [0.15, 0.2) is 0 Å². The predicted octanol–water partition coefficient (Wildman–Crippen LogP) is 1.57. The van der Waals surface area contributed by atoms with Gasteiger partial charge in [-0.05, 0) is 18.4 Å². The summed E-state index contributed by atoms with van der Waals surface area (Å²) in [6.07, 6.45) is 5.95. The Kier molecular flexibility index (Phi) is 4.94. The summed E-state index contributed by atoms with van der Waals surface area (Å²) in [5.74, 6) is -0.168. The van der Waals surface area contributed by atoms with Crippen molar-refractivity contribution in [3.63, 3.8) is 0 Å². The molecule has 1 aromatic rings. The first kappa shape index (κ1) is 17.4. The number of carbonyl (C=O) groups excluding carboxylic acids is 1. The summed E-state index contributed by atoms with van der Waals surface area (Å²) in [6.45, 7) is 0.523. The Bertz CT molecular complexity index is 684. The molecule has 2 N–H and O–H groups in total. The van der Waals surface area contributed by atoms with Crippen LogP contribution in [-0.4, -0.2) is 39.4 Å². The van der Waals surface area contributed by atoms with Crippen molar-refractivity contribution < 1.29 is 13.2 Å². The molecule has 24 heavy (non-hydrogen) atoms. The minimum absolute atomic E-state index is 0.0607. The minimum Gasteiger partial charge on any atom is -0.333 e. The van der Waals surface area contributed by atoms with Gasteiger partial charge in [0, 0.05) is 19.0 Å². The first-order valence-corrected chi connectivity index (χ1v) is 9.98. The van der Waals surface area contributed by atoms with Crippen LogP contribution in [0.15, 0.2) is 30.3 Å². The molecule has 1 aliphatic carbocycles. The molecule has 7 heteroatoms. The second-order valence-corrected chi connectivity index (χ2v) is 8.49. The van der Waals surface area contributed by atoms with E-state index in [2.05, 4.69) is 21.6 Å². The lowest BCUT2D eigenvalue weighted by atomic mass is 9.61. The molecule has 1 aromatic carbocycles. The van der Waals surface area contributed by atoms with Gasteiger partial charge >= 0.3 is 0 Å². The number of carbonyl (C=O) groups is 1. The molecule has 1 spiro atoms. The van der Waals surface area contributed by atoms with Crippen molar-refractivity contribution in [1.29, 1.82) is 0 Å². The van der Waals surface area contributed by atoms with Crippen LogP contribution in [-0.2, 0) is 15.0 Å². The van der Waals surface area contributed by atoms with E-state index in [9.17, 15) is 13.2 Å². The van der Waals surface area contributed by atoms with Crippen molar-refractivity contribution in [3.8, 4) is 0 Å². The van der Waals surface area contributed by atoms with Crippen LogP contribution in [0.4, 0.5) is 0 Å². The largest absolute Gasteiger partial charge is 0.333 e. The summed E-state index contributed by atoms with van der Waals surface area (Å²) >= 11 is 0. The molecule has 0 radical (unpaired) electrons. The molecule has 1 saturated heterocycles. The zero-order chi connectivity index (χ0) is 17.2. The average Bonchev–Trinajstić information content (AvgIpc) is 2.59. The average molecular weight is 351 g/mol. The van der Waals surface area contributed by atoms with Crippen LogP contribution < -0.4 is 9.44 Å². The summed E-state index contributed by atoms with van der Waals surface area (Å²) in [5.41, 5.74) is 1.31. The molecule has 0 aromatic heterocycles. The van der Waals surface area contributed by atoms with E-state index in [1.165, 1.54) is 26.3 Å². The molecule has 6 nitrogen and oxygen atoms in total. The minimum atomic E-state index is -3.60. The van der Waals surface area contributed by atoms with Gasteiger partial charge in [0.2, 0.25) is 5.91 Å². The van der Waals surface area contributed by atoms with Crippen LogP contribution in [0.2, 0.25) is 0 Å². The van der Waals surface area contributed by atoms with Crippen molar-refractivity contribution in [2.75, 3.05) is 20.1 Å². The van der Waals surface area contributed by atoms with Crippen molar-refractivity contribution >= 4 is 16.1 Å². The van der Waals surface area contributed by atoms with Crippen molar-refractivity contribution in [2.45, 2.75) is 38.1 Å². The van der Waals surface area contributed by atoms with Crippen molar-refractivity contribution in [3.05, 3.63) is 35.9 Å². The van der Waals surface area contributed by atoms with E-state index in [1.807, 2.05) is 23.1 Å². The third kappa shape index (κ3) is 3.34. The lowest BCUT2D eigenvalue weighted by Crippen LogP contribution is -2.62. The molecule has 3 rings (SSSR count). The zero-order valence-corrected chi connectivity index (χ0v) is 14.8. The Labute approximate surface area is 143 Å². The van der Waals surface area contributed by atoms with E-state index in [-0.39, 0.29) is 23.9 Å². The zero-order valence-electron chi connectivity index (χ0n) is 14.0. The Morgan fingerprint density at radius 2 is 1.88 bits per heavy atom. The normalized spacial score (nSPS) is 23.0. The molecule has 2 aliphatic rings. The molecule has 0 bridgehead atoms. The fraction of sp³-hybridized carbons (Fsp3) is 0.588. The van der Waals surface area contributed by atoms with Crippen LogP contribution in [0.25, 0.3) is 0 Å². The summed E-state index contributed by atoms with van der Waals surface area (Å²) in [5, 5.41) is 0. The van der Waals surface area contributed by atoms with Crippen molar-refractivity contribution in [2.24, 2.45) is 5.41 Å². The van der Waals surface area contributed by atoms with Gasteiger partial charge < -0.3 is 4.90 Å². The fourth-order valence-electron chi connectivity index (χ4n) is 4.15. The number of rotatable bonds is 5. The van der Waals surface area contributed by atoms with Crippen LogP contribution in [0.5, 0.6) is 0 Å². The van der Waals surface area contributed by atoms with E-state index in [1.54, 1.807) is 0 Å². The second-order valence-electron chi connectivity index (χ2n) is 6.79. The standard InChI is InChI=1S/C17H25N3O3S/c1-18-24(22,23)19-12-15(21)20-13-17(10-6-3-7-11-17)16(20)14-8-4-2-5-9-14/h2,4-5,8-9,16,18-19H,3,6-7,10-13H2,1H3/t16-/m1/s1. The lowest BCUT2D eigenvalue weighted by molar-refractivity contribution is -0.159. The molecule has 2 fully saturated rings. The van der Waals surface area contributed by atoms with Gasteiger partial charge in [-0.3, -0.25) is 4.79 Å². The van der Waals surface area contributed by atoms with Crippen LogP contribution >= 0.6 is 0 Å². The Hall–Kier alpha value is -1.44. The molecule has 0 unspecified atom stereocenters. The highest BCUT2D eigenvalue weighted by Gasteiger charge is 2.54. The summed E-state index contributed by atoms with van der Waals surface area (Å²) < 4.78 is 27.4. The summed E-state index contributed by atoms with van der Waals surface area (Å²) in [6, 6.07) is 10.2. The fourth-order valence-corrected chi connectivity index (χ4v) is 4.61. The Morgan fingerprint density at radius 3 is 2.50 bits per heavy atom. The highest BCUT2D eigenvalue weighted by Crippen LogP contribution is 2.56. The smallest absolute Gasteiger partial charge is 0.277 e. The second kappa shape index (κ2) is 6.82. The molecule has 1 amide bonds. The number of benzene rings is 1. The molecule has 1 aliphatic heterocycles. The highest BCUT2D eigenvalue weighted by atomic mass is 32.2. The number of hydrogen-bond donors (Lipinski definition) is 2. The number of hydrogen-bond acceptors (Lipinski definition) is 3. The van der Waals surface area contributed by atoms with Gasteiger partial charge in [-0.15, -0.1) is 0 Å².